The third-order valence-electron chi connectivity index (χ3n) is 2.84. The van der Waals surface area contributed by atoms with E-state index in [1.54, 1.807) is 18.2 Å². The molecule has 2 N–H and O–H groups in total. The van der Waals surface area contributed by atoms with E-state index in [2.05, 4.69) is 0 Å². The SMILES string of the molecule is Cc1cc(F)ccc1-c1cc(Cl)cc(Cl)c1CN. The van der Waals surface area contributed by atoms with Crippen LogP contribution in [0.25, 0.3) is 11.1 Å². The third kappa shape index (κ3) is 2.51. The van der Waals surface area contributed by atoms with Crippen LogP contribution in [-0.2, 0) is 6.54 Å². The first-order valence-corrected chi connectivity index (χ1v) is 6.23. The fourth-order valence-corrected chi connectivity index (χ4v) is 2.55. The number of aryl methyl sites for hydroxylation is 1. The van der Waals surface area contributed by atoms with E-state index in [1.165, 1.54) is 12.1 Å². The summed E-state index contributed by atoms with van der Waals surface area (Å²) in [5.41, 5.74) is 9.10. The summed E-state index contributed by atoms with van der Waals surface area (Å²) in [6, 6.07) is 8.07. The fourth-order valence-electron chi connectivity index (χ4n) is 1.98. The molecule has 0 spiro atoms. The Morgan fingerprint density at radius 1 is 1.11 bits per heavy atom. The van der Waals surface area contributed by atoms with Crippen LogP contribution in [-0.4, -0.2) is 0 Å². The quantitative estimate of drug-likeness (QED) is 0.859. The van der Waals surface area contributed by atoms with E-state index in [0.29, 0.717) is 16.6 Å². The summed E-state index contributed by atoms with van der Waals surface area (Å²) < 4.78 is 13.1. The van der Waals surface area contributed by atoms with Gasteiger partial charge in [-0.1, -0.05) is 29.3 Å². The van der Waals surface area contributed by atoms with Gasteiger partial charge in [0.05, 0.1) is 0 Å². The number of benzene rings is 2. The highest BCUT2D eigenvalue weighted by Gasteiger charge is 2.12. The molecule has 0 amide bonds. The van der Waals surface area contributed by atoms with Crippen molar-refractivity contribution in [2.24, 2.45) is 5.73 Å². The lowest BCUT2D eigenvalue weighted by Crippen LogP contribution is -2.01. The van der Waals surface area contributed by atoms with Gasteiger partial charge in [0.15, 0.2) is 0 Å². The first-order chi connectivity index (χ1) is 8.52. The fraction of sp³-hybridized carbons (Fsp3) is 0.143. The topological polar surface area (TPSA) is 26.0 Å². The summed E-state index contributed by atoms with van der Waals surface area (Å²) in [4.78, 5) is 0. The van der Waals surface area contributed by atoms with Crippen molar-refractivity contribution in [3.8, 4) is 11.1 Å². The maximum Gasteiger partial charge on any atom is 0.123 e. The first-order valence-electron chi connectivity index (χ1n) is 5.47. The van der Waals surface area contributed by atoms with Crippen LogP contribution in [0.3, 0.4) is 0 Å². The lowest BCUT2D eigenvalue weighted by Gasteiger charge is -2.13. The number of hydrogen-bond donors (Lipinski definition) is 1. The minimum absolute atomic E-state index is 0.265. The maximum absolute atomic E-state index is 13.1. The van der Waals surface area contributed by atoms with Crippen molar-refractivity contribution < 1.29 is 4.39 Å². The molecule has 0 saturated carbocycles. The highest BCUT2D eigenvalue weighted by molar-refractivity contribution is 6.35. The van der Waals surface area contributed by atoms with Crippen molar-refractivity contribution in [3.05, 3.63) is 57.3 Å². The van der Waals surface area contributed by atoms with Crippen molar-refractivity contribution in [2.45, 2.75) is 13.5 Å². The molecule has 0 fully saturated rings. The summed E-state index contributed by atoms with van der Waals surface area (Å²) in [7, 11) is 0. The zero-order valence-electron chi connectivity index (χ0n) is 9.81. The van der Waals surface area contributed by atoms with Gasteiger partial charge in [-0.3, -0.25) is 0 Å². The predicted molar refractivity (Wildman–Crippen MR) is 74.5 cm³/mol. The molecule has 0 aliphatic carbocycles. The van der Waals surface area contributed by atoms with Crippen LogP contribution in [0.1, 0.15) is 11.1 Å². The second-order valence-corrected chi connectivity index (χ2v) is 4.92. The van der Waals surface area contributed by atoms with E-state index < -0.39 is 0 Å². The van der Waals surface area contributed by atoms with Gasteiger partial charge in [-0.25, -0.2) is 4.39 Å². The molecule has 0 unspecified atom stereocenters. The Kier molecular flexibility index (Phi) is 3.91. The van der Waals surface area contributed by atoms with Crippen LogP contribution in [0, 0.1) is 12.7 Å². The normalized spacial score (nSPS) is 10.7. The molecule has 4 heteroatoms. The molecule has 0 atom stereocenters. The predicted octanol–water partition coefficient (Wildman–Crippen LogP) is 4.57. The molecule has 2 rings (SSSR count). The molecule has 1 nitrogen and oxygen atoms in total. The van der Waals surface area contributed by atoms with E-state index in [-0.39, 0.29) is 5.82 Å². The van der Waals surface area contributed by atoms with Crippen LogP contribution in [0.15, 0.2) is 30.3 Å². The van der Waals surface area contributed by atoms with Crippen LogP contribution < -0.4 is 5.73 Å². The molecule has 0 aliphatic heterocycles. The molecule has 2 aromatic carbocycles. The number of rotatable bonds is 2. The minimum Gasteiger partial charge on any atom is -0.326 e. The average Bonchev–Trinajstić information content (AvgIpc) is 2.28. The van der Waals surface area contributed by atoms with Crippen molar-refractivity contribution in [1.29, 1.82) is 0 Å². The van der Waals surface area contributed by atoms with E-state index in [9.17, 15) is 4.39 Å². The molecular weight excluding hydrogens is 272 g/mol. The van der Waals surface area contributed by atoms with Crippen molar-refractivity contribution >= 4 is 23.2 Å². The molecule has 0 aromatic heterocycles. The summed E-state index contributed by atoms with van der Waals surface area (Å²) in [5.74, 6) is -0.265. The first kappa shape index (κ1) is 13.3. The second-order valence-electron chi connectivity index (χ2n) is 4.08. The molecule has 0 aliphatic rings. The van der Waals surface area contributed by atoms with Gasteiger partial charge in [-0.15, -0.1) is 0 Å². The van der Waals surface area contributed by atoms with Gasteiger partial charge in [-0.05, 0) is 53.4 Å². The van der Waals surface area contributed by atoms with Crippen molar-refractivity contribution in [2.75, 3.05) is 0 Å². The highest BCUT2D eigenvalue weighted by atomic mass is 35.5. The van der Waals surface area contributed by atoms with Gasteiger partial charge in [-0.2, -0.15) is 0 Å². The lowest BCUT2D eigenvalue weighted by molar-refractivity contribution is 0.627. The molecule has 0 heterocycles. The summed E-state index contributed by atoms with van der Waals surface area (Å²) in [5, 5.41) is 1.07. The molecule has 18 heavy (non-hydrogen) atoms. The minimum atomic E-state index is -0.265. The number of halogens is 3. The van der Waals surface area contributed by atoms with Gasteiger partial charge in [0.2, 0.25) is 0 Å². The van der Waals surface area contributed by atoms with Gasteiger partial charge in [0.25, 0.3) is 0 Å². The van der Waals surface area contributed by atoms with Crippen LogP contribution in [0.5, 0.6) is 0 Å². The Balaban J connectivity index is 2.69. The lowest BCUT2D eigenvalue weighted by atomic mass is 9.96. The van der Waals surface area contributed by atoms with Crippen LogP contribution in [0.2, 0.25) is 10.0 Å². The molecule has 0 saturated heterocycles. The Labute approximate surface area is 115 Å². The second kappa shape index (κ2) is 5.27. The highest BCUT2D eigenvalue weighted by Crippen LogP contribution is 2.34. The Morgan fingerprint density at radius 2 is 1.83 bits per heavy atom. The summed E-state index contributed by atoms with van der Waals surface area (Å²) in [6.07, 6.45) is 0. The zero-order chi connectivity index (χ0) is 13.3. The van der Waals surface area contributed by atoms with E-state index in [4.69, 9.17) is 28.9 Å². The molecule has 0 bridgehead atoms. The smallest absolute Gasteiger partial charge is 0.123 e. The van der Waals surface area contributed by atoms with Crippen molar-refractivity contribution in [3.63, 3.8) is 0 Å². The molecular formula is C14H12Cl2FN. The molecule has 2 aromatic rings. The Bertz CT molecular complexity index is 597. The van der Waals surface area contributed by atoms with E-state index >= 15 is 0 Å². The van der Waals surface area contributed by atoms with Gasteiger partial charge < -0.3 is 5.73 Å². The van der Waals surface area contributed by atoms with E-state index in [0.717, 1.165) is 22.3 Å². The molecule has 0 radical (unpaired) electrons. The Morgan fingerprint density at radius 3 is 2.44 bits per heavy atom. The monoisotopic (exact) mass is 283 g/mol. The largest absolute Gasteiger partial charge is 0.326 e. The van der Waals surface area contributed by atoms with Crippen LogP contribution in [0.4, 0.5) is 4.39 Å². The van der Waals surface area contributed by atoms with Crippen molar-refractivity contribution in [1.82, 2.24) is 0 Å². The standard InChI is InChI=1S/C14H12Cl2FN/c1-8-4-10(17)2-3-11(8)12-5-9(15)6-14(16)13(12)7-18/h2-6H,7,18H2,1H3. The molecule has 94 valence electrons. The third-order valence-corrected chi connectivity index (χ3v) is 3.40. The zero-order valence-corrected chi connectivity index (χ0v) is 11.3. The summed E-state index contributed by atoms with van der Waals surface area (Å²) in [6.45, 7) is 2.15. The van der Waals surface area contributed by atoms with Gasteiger partial charge in [0, 0.05) is 16.6 Å². The van der Waals surface area contributed by atoms with Crippen LogP contribution >= 0.6 is 23.2 Å². The van der Waals surface area contributed by atoms with Gasteiger partial charge in [0.1, 0.15) is 5.82 Å². The average molecular weight is 284 g/mol. The number of hydrogen-bond acceptors (Lipinski definition) is 1. The summed E-state index contributed by atoms with van der Waals surface area (Å²) >= 11 is 12.1. The maximum atomic E-state index is 13.1. The number of nitrogens with two attached hydrogens (primary N) is 1. The van der Waals surface area contributed by atoms with Gasteiger partial charge >= 0.3 is 0 Å². The van der Waals surface area contributed by atoms with E-state index in [1.807, 2.05) is 6.92 Å². The Hall–Kier alpha value is -1.09.